The number of fused-ring (bicyclic) bond motifs is 2. The Morgan fingerprint density at radius 3 is 2.44 bits per heavy atom. The van der Waals surface area contributed by atoms with E-state index in [-0.39, 0.29) is 43.5 Å². The predicted octanol–water partition coefficient (Wildman–Crippen LogP) is 8.84. The summed E-state index contributed by atoms with van der Waals surface area (Å²) in [5.41, 5.74) is 3.01. The second kappa shape index (κ2) is 20.4. The lowest BCUT2D eigenvalue weighted by Gasteiger charge is -2.59. The highest BCUT2D eigenvalue weighted by atomic mass is 16.7. The molecule has 3 aliphatic carbocycles. The zero-order valence-corrected chi connectivity index (χ0v) is 35.7. The molecule has 2 fully saturated rings. The van der Waals surface area contributed by atoms with Crippen LogP contribution in [0.4, 0.5) is 4.79 Å². The first-order valence-corrected chi connectivity index (χ1v) is 22.0. The number of nitrogens with zero attached hydrogens (tertiary/aromatic N) is 2. The number of aliphatic hydroxyl groups excluding tert-OH is 2. The third-order valence-corrected chi connectivity index (χ3v) is 12.7. The Morgan fingerprint density at radius 1 is 1.02 bits per heavy atom. The summed E-state index contributed by atoms with van der Waals surface area (Å²) in [4.78, 5) is 35.6. The molecular weight excluding hydrogens is 747 g/mol. The van der Waals surface area contributed by atoms with E-state index in [1.54, 1.807) is 12.1 Å². The Balaban J connectivity index is 1.48. The Labute approximate surface area is 351 Å². The molecule has 2 saturated carbocycles. The van der Waals surface area contributed by atoms with E-state index >= 15 is 0 Å². The number of hydrogen-bond donors (Lipinski definition) is 3. The number of unbranched alkanes of at least 4 members (excludes halogenated alkanes) is 2. The maximum Gasteiger partial charge on any atom is 0.412 e. The van der Waals surface area contributed by atoms with Crippen molar-refractivity contribution < 1.29 is 38.9 Å². The van der Waals surface area contributed by atoms with Gasteiger partial charge >= 0.3 is 6.09 Å². The zero-order chi connectivity index (χ0) is 42.0. The number of nitrogens with one attached hydrogen (secondary N) is 1. The number of rotatable bonds is 19. The molecule has 6 unspecified atom stereocenters. The normalized spacial score (nSPS) is 25.6. The summed E-state index contributed by atoms with van der Waals surface area (Å²) in [6.45, 7) is 10.7. The predicted molar refractivity (Wildman–Crippen MR) is 229 cm³/mol. The van der Waals surface area contributed by atoms with Crippen molar-refractivity contribution in [3.05, 3.63) is 84.0 Å². The molecule has 322 valence electrons. The lowest BCUT2D eigenvalue weighted by Crippen LogP contribution is -2.69. The number of benzene rings is 2. The largest absolute Gasteiger partial charge is 0.459 e. The van der Waals surface area contributed by atoms with Gasteiger partial charge < -0.3 is 39.5 Å². The SMILES string of the molecule is C=CCOC12Oc3ccc(OC(=O)NCc4ccccc4)cc3C3C(CCCCO)C(CCCCO)C=C(C(=NOC(C)(C)C)CC1N(C)C(=O)CCC1CCCC1)C32. The van der Waals surface area contributed by atoms with Gasteiger partial charge in [-0.2, -0.15) is 0 Å². The topological polar surface area (TPSA) is 139 Å². The van der Waals surface area contributed by atoms with Crippen LogP contribution in [0, 0.1) is 23.7 Å². The molecule has 2 aromatic carbocycles. The van der Waals surface area contributed by atoms with Crippen LogP contribution in [0.1, 0.15) is 121 Å². The molecule has 2 amide bonds. The molecule has 4 aliphatic rings. The summed E-state index contributed by atoms with van der Waals surface area (Å²) in [5, 5.41) is 27.5. The maximum atomic E-state index is 14.3. The molecule has 6 rings (SSSR count). The minimum atomic E-state index is -1.32. The van der Waals surface area contributed by atoms with Crippen LogP contribution in [-0.2, 0) is 20.9 Å². The van der Waals surface area contributed by atoms with Gasteiger partial charge in [-0.25, -0.2) is 4.79 Å². The average molecular weight is 814 g/mol. The van der Waals surface area contributed by atoms with E-state index in [1.165, 1.54) is 25.7 Å². The van der Waals surface area contributed by atoms with Crippen molar-refractivity contribution >= 4 is 17.7 Å². The fourth-order valence-electron chi connectivity index (χ4n) is 9.87. The van der Waals surface area contributed by atoms with E-state index in [1.807, 2.05) is 75.2 Å². The number of amides is 2. The third-order valence-electron chi connectivity index (χ3n) is 12.7. The van der Waals surface area contributed by atoms with Gasteiger partial charge in [-0.1, -0.05) is 86.2 Å². The van der Waals surface area contributed by atoms with E-state index in [0.717, 1.165) is 54.5 Å². The number of aliphatic hydroxyl groups is 2. The summed E-state index contributed by atoms with van der Waals surface area (Å²) < 4.78 is 20.2. The second-order valence-electron chi connectivity index (χ2n) is 17.9. The summed E-state index contributed by atoms with van der Waals surface area (Å²) in [6, 6.07) is 14.6. The lowest BCUT2D eigenvalue weighted by atomic mass is 9.55. The van der Waals surface area contributed by atoms with Crippen LogP contribution in [0.3, 0.4) is 0 Å². The van der Waals surface area contributed by atoms with Crippen LogP contribution in [0.25, 0.3) is 0 Å². The first kappa shape index (κ1) is 44.4. The number of ether oxygens (including phenoxy) is 3. The Bertz CT molecular complexity index is 1780. The molecule has 3 N–H and O–H groups in total. The van der Waals surface area contributed by atoms with E-state index in [9.17, 15) is 19.8 Å². The number of allylic oxidation sites excluding steroid dienone is 1. The Kier molecular flexibility index (Phi) is 15.3. The molecule has 6 atom stereocenters. The molecule has 2 aromatic rings. The van der Waals surface area contributed by atoms with Crippen LogP contribution >= 0.6 is 0 Å². The molecule has 0 radical (unpaired) electrons. The lowest BCUT2D eigenvalue weighted by molar-refractivity contribution is -0.255. The summed E-state index contributed by atoms with van der Waals surface area (Å²) in [7, 11) is 1.87. The van der Waals surface area contributed by atoms with Gasteiger partial charge in [-0.15, -0.1) is 6.58 Å². The smallest absolute Gasteiger partial charge is 0.412 e. The van der Waals surface area contributed by atoms with Crippen molar-refractivity contribution in [2.24, 2.45) is 28.8 Å². The number of likely N-dealkylation sites (N-methyl/N-ethyl adjacent to an activating group) is 1. The number of hydrogen-bond acceptors (Lipinski definition) is 9. The molecular formula is C48H67N3O8. The summed E-state index contributed by atoms with van der Waals surface area (Å²) in [5.74, 6) is -0.237. The van der Waals surface area contributed by atoms with E-state index in [0.29, 0.717) is 49.6 Å². The Morgan fingerprint density at radius 2 is 1.75 bits per heavy atom. The molecule has 11 heteroatoms. The Hall–Kier alpha value is -4.19. The van der Waals surface area contributed by atoms with Gasteiger partial charge in [0, 0.05) is 51.1 Å². The molecule has 1 aliphatic heterocycles. The number of carbonyl (C=O) groups excluding carboxylic acids is 2. The maximum absolute atomic E-state index is 14.3. The number of oxime groups is 1. The summed E-state index contributed by atoms with van der Waals surface area (Å²) >= 11 is 0. The van der Waals surface area contributed by atoms with E-state index < -0.39 is 29.4 Å². The zero-order valence-electron chi connectivity index (χ0n) is 35.7. The highest BCUT2D eigenvalue weighted by Gasteiger charge is 2.65. The fraction of sp³-hybridized carbons (Fsp3) is 0.604. The average Bonchev–Trinajstić information content (AvgIpc) is 3.75. The van der Waals surface area contributed by atoms with Crippen LogP contribution in [0.15, 0.2) is 78.0 Å². The minimum absolute atomic E-state index is 0.0420. The van der Waals surface area contributed by atoms with Crippen LogP contribution in [0.5, 0.6) is 11.5 Å². The van der Waals surface area contributed by atoms with Gasteiger partial charge in [0.05, 0.1) is 18.2 Å². The molecule has 0 bridgehead atoms. The quantitative estimate of drug-likeness (QED) is 0.0727. The van der Waals surface area contributed by atoms with Gasteiger partial charge in [0.15, 0.2) is 0 Å². The molecule has 11 nitrogen and oxygen atoms in total. The highest BCUT2D eigenvalue weighted by molar-refractivity contribution is 6.03. The van der Waals surface area contributed by atoms with Crippen molar-refractivity contribution in [1.82, 2.24) is 10.2 Å². The van der Waals surface area contributed by atoms with Crippen molar-refractivity contribution in [2.75, 3.05) is 26.9 Å². The van der Waals surface area contributed by atoms with Crippen molar-refractivity contribution in [1.29, 1.82) is 0 Å². The molecule has 1 heterocycles. The van der Waals surface area contributed by atoms with Crippen LogP contribution < -0.4 is 14.8 Å². The van der Waals surface area contributed by atoms with Gasteiger partial charge in [0.25, 0.3) is 0 Å². The van der Waals surface area contributed by atoms with Gasteiger partial charge in [-0.3, -0.25) is 4.79 Å². The monoisotopic (exact) mass is 813 g/mol. The summed E-state index contributed by atoms with van der Waals surface area (Å²) in [6.07, 6.45) is 14.5. The first-order chi connectivity index (χ1) is 28.5. The molecule has 0 spiro atoms. The van der Waals surface area contributed by atoms with Crippen LogP contribution in [0.2, 0.25) is 0 Å². The van der Waals surface area contributed by atoms with Crippen molar-refractivity contribution in [3.63, 3.8) is 0 Å². The molecule has 59 heavy (non-hydrogen) atoms. The fourth-order valence-corrected chi connectivity index (χ4v) is 9.87. The first-order valence-electron chi connectivity index (χ1n) is 22.0. The van der Waals surface area contributed by atoms with Crippen molar-refractivity contribution in [2.45, 2.75) is 134 Å². The highest BCUT2D eigenvalue weighted by Crippen LogP contribution is 2.62. The van der Waals surface area contributed by atoms with Crippen LogP contribution in [-0.4, -0.2) is 77.1 Å². The second-order valence-corrected chi connectivity index (χ2v) is 17.9. The van der Waals surface area contributed by atoms with Gasteiger partial charge in [0.1, 0.15) is 23.1 Å². The van der Waals surface area contributed by atoms with Gasteiger partial charge in [0.2, 0.25) is 11.7 Å². The third kappa shape index (κ3) is 10.8. The van der Waals surface area contributed by atoms with E-state index in [2.05, 4.69) is 18.0 Å². The molecule has 0 saturated heterocycles. The van der Waals surface area contributed by atoms with Gasteiger partial charge in [-0.05, 0) is 100.0 Å². The minimum Gasteiger partial charge on any atom is -0.459 e. The van der Waals surface area contributed by atoms with E-state index in [4.69, 9.17) is 24.2 Å². The molecule has 0 aromatic heterocycles. The van der Waals surface area contributed by atoms with Crippen molar-refractivity contribution in [3.8, 4) is 11.5 Å². The number of carbonyl (C=O) groups is 2. The standard InChI is InChI=1S/C48H67N3O8/c1-6-28-56-48-42(51(5)43(54)25-22-33-16-10-11-17-33)31-40(50-59-47(2,3)4)38-29-35(20-12-14-26-52)37(21-13-15-27-53)44(45(38)48)39-30-36(23-24-41(39)58-48)57-46(55)49-32-34-18-8-7-9-19-34/h6-9,18-19,23-24,29-30,33,35,37,42,44-45,52-53H,1,10-17,20-22,25-28,31-32H2,2-5H3,(H,49,55).